The van der Waals surface area contributed by atoms with Crippen molar-refractivity contribution in [1.29, 1.82) is 0 Å². The van der Waals surface area contributed by atoms with Crippen molar-refractivity contribution >= 4 is 29.2 Å². The summed E-state index contributed by atoms with van der Waals surface area (Å²) in [5, 5.41) is 10.5. The Morgan fingerprint density at radius 1 is 1.19 bits per heavy atom. The van der Waals surface area contributed by atoms with Crippen LogP contribution in [0.1, 0.15) is 30.0 Å². The van der Waals surface area contributed by atoms with E-state index in [-0.39, 0.29) is 12.0 Å². The minimum atomic E-state index is -0.716. The number of ether oxygens (including phenoxy) is 1. The maximum absolute atomic E-state index is 11.3. The summed E-state index contributed by atoms with van der Waals surface area (Å²) in [5.74, 6) is -0.219. The first-order valence-corrected chi connectivity index (χ1v) is 9.31. The average molecular weight is 394 g/mol. The van der Waals surface area contributed by atoms with Gasteiger partial charge in [-0.05, 0) is 61.3 Å². The molecule has 1 aliphatic rings. The van der Waals surface area contributed by atoms with Crippen LogP contribution in [0.5, 0.6) is 5.75 Å². The lowest BCUT2D eigenvalue weighted by atomic mass is 9.91. The molecule has 138 valence electrons. The average Bonchev–Trinajstić information content (AvgIpc) is 2.64. The molecule has 0 bridgehead atoms. The molecule has 1 N–H and O–H groups in total. The smallest absolute Gasteiger partial charge is 0.306 e. The number of piperidine rings is 1. The van der Waals surface area contributed by atoms with Crippen molar-refractivity contribution in [3.8, 4) is 5.75 Å². The second kappa shape index (κ2) is 8.30. The van der Waals surface area contributed by atoms with Gasteiger partial charge in [0.25, 0.3) is 0 Å². The minimum absolute atomic E-state index is 0.0791. The highest BCUT2D eigenvalue weighted by molar-refractivity contribution is 6.35. The van der Waals surface area contributed by atoms with Gasteiger partial charge in [0.05, 0.1) is 19.1 Å². The second-order valence-electron chi connectivity index (χ2n) is 6.49. The molecule has 0 spiro atoms. The molecular formula is C20H21Cl2NO3. The first kappa shape index (κ1) is 19.0. The lowest BCUT2D eigenvalue weighted by molar-refractivity contribution is -0.143. The zero-order valence-electron chi connectivity index (χ0n) is 14.5. The summed E-state index contributed by atoms with van der Waals surface area (Å²) in [6.45, 7) is 1.38. The van der Waals surface area contributed by atoms with Crippen LogP contribution in [-0.2, 0) is 4.79 Å². The molecule has 1 fully saturated rings. The first-order chi connectivity index (χ1) is 12.5. The zero-order chi connectivity index (χ0) is 18.7. The normalized spacial score (nSPS) is 17.0. The summed E-state index contributed by atoms with van der Waals surface area (Å²) in [5.41, 5.74) is 2.01. The molecule has 1 heterocycles. The van der Waals surface area contributed by atoms with Crippen molar-refractivity contribution < 1.29 is 14.6 Å². The van der Waals surface area contributed by atoms with Gasteiger partial charge in [-0.25, -0.2) is 0 Å². The number of hydrogen-bond donors (Lipinski definition) is 1. The molecular weight excluding hydrogens is 373 g/mol. The summed E-state index contributed by atoms with van der Waals surface area (Å²) < 4.78 is 5.38. The quantitative estimate of drug-likeness (QED) is 0.785. The third-order valence-electron chi connectivity index (χ3n) is 4.91. The Bertz CT molecular complexity index is 788. The number of rotatable bonds is 5. The van der Waals surface area contributed by atoms with Crippen molar-refractivity contribution in [1.82, 2.24) is 4.90 Å². The Morgan fingerprint density at radius 3 is 2.54 bits per heavy atom. The number of carboxylic acid groups (broad SMARTS) is 1. The molecule has 0 amide bonds. The van der Waals surface area contributed by atoms with Crippen LogP contribution in [0.4, 0.5) is 0 Å². The molecule has 0 aliphatic carbocycles. The first-order valence-electron chi connectivity index (χ1n) is 8.55. The monoisotopic (exact) mass is 393 g/mol. The number of hydrogen-bond acceptors (Lipinski definition) is 3. The van der Waals surface area contributed by atoms with Gasteiger partial charge in [0.2, 0.25) is 0 Å². The molecule has 26 heavy (non-hydrogen) atoms. The van der Waals surface area contributed by atoms with Crippen molar-refractivity contribution in [2.24, 2.45) is 5.92 Å². The molecule has 1 unspecified atom stereocenters. The lowest BCUT2D eigenvalue weighted by Crippen LogP contribution is -2.39. The van der Waals surface area contributed by atoms with E-state index in [1.165, 1.54) is 0 Å². The van der Waals surface area contributed by atoms with E-state index in [1.54, 1.807) is 13.2 Å². The van der Waals surface area contributed by atoms with Crippen LogP contribution in [0.2, 0.25) is 10.0 Å². The van der Waals surface area contributed by atoms with Crippen LogP contribution in [0.3, 0.4) is 0 Å². The fraction of sp³-hybridized carbons (Fsp3) is 0.350. The van der Waals surface area contributed by atoms with Gasteiger partial charge >= 0.3 is 5.97 Å². The maximum atomic E-state index is 11.3. The second-order valence-corrected chi connectivity index (χ2v) is 7.34. The number of halogens is 2. The van der Waals surface area contributed by atoms with Crippen LogP contribution < -0.4 is 4.74 Å². The number of carboxylic acids is 1. The number of carbonyl (C=O) groups is 1. The van der Waals surface area contributed by atoms with E-state index in [0.717, 1.165) is 16.9 Å². The van der Waals surface area contributed by atoms with Crippen LogP contribution in [0, 0.1) is 5.92 Å². The van der Waals surface area contributed by atoms with Crippen molar-refractivity contribution in [2.45, 2.75) is 18.9 Å². The van der Waals surface area contributed by atoms with Gasteiger partial charge in [-0.3, -0.25) is 9.69 Å². The molecule has 4 nitrogen and oxygen atoms in total. The molecule has 2 aromatic carbocycles. The molecule has 1 saturated heterocycles. The predicted molar refractivity (Wildman–Crippen MR) is 103 cm³/mol. The van der Waals surface area contributed by atoms with Gasteiger partial charge < -0.3 is 9.84 Å². The summed E-state index contributed by atoms with van der Waals surface area (Å²) in [4.78, 5) is 13.6. The van der Waals surface area contributed by atoms with Crippen molar-refractivity contribution in [2.75, 3.05) is 20.2 Å². The molecule has 3 rings (SSSR count). The molecule has 0 radical (unpaired) electrons. The number of likely N-dealkylation sites (tertiary alicyclic amines) is 1. The zero-order valence-corrected chi connectivity index (χ0v) is 16.0. The van der Waals surface area contributed by atoms with Gasteiger partial charge in [-0.1, -0.05) is 41.4 Å². The van der Waals surface area contributed by atoms with Crippen molar-refractivity contribution in [3.63, 3.8) is 0 Å². The molecule has 0 saturated carbocycles. The lowest BCUT2D eigenvalue weighted by Gasteiger charge is -2.37. The number of methoxy groups -OCH3 is 1. The Labute approximate surface area is 163 Å². The van der Waals surface area contributed by atoms with E-state index >= 15 is 0 Å². The molecule has 6 heteroatoms. The van der Waals surface area contributed by atoms with E-state index in [9.17, 15) is 9.90 Å². The summed E-state index contributed by atoms with van der Waals surface area (Å²) in [6.07, 6.45) is 1.25. The highest BCUT2D eigenvalue weighted by Gasteiger charge is 2.31. The van der Waals surface area contributed by atoms with Crippen molar-refractivity contribution in [3.05, 3.63) is 63.6 Å². The molecule has 2 aromatic rings. The van der Waals surface area contributed by atoms with E-state index in [1.807, 2.05) is 36.4 Å². The van der Waals surface area contributed by atoms with Gasteiger partial charge in [0.15, 0.2) is 0 Å². The Morgan fingerprint density at radius 2 is 1.92 bits per heavy atom. The third-order valence-corrected chi connectivity index (χ3v) is 5.47. The van der Waals surface area contributed by atoms with E-state index < -0.39 is 5.97 Å². The van der Waals surface area contributed by atoms with E-state index in [4.69, 9.17) is 27.9 Å². The number of benzene rings is 2. The summed E-state index contributed by atoms with van der Waals surface area (Å²) >= 11 is 12.6. The van der Waals surface area contributed by atoms with Gasteiger partial charge in [0, 0.05) is 10.0 Å². The third kappa shape index (κ3) is 4.14. The highest BCUT2D eigenvalue weighted by atomic mass is 35.5. The number of aliphatic carboxylic acids is 1. The van der Waals surface area contributed by atoms with Crippen LogP contribution in [-0.4, -0.2) is 36.2 Å². The molecule has 1 atom stereocenters. The number of nitrogens with zero attached hydrogens (tertiary/aromatic N) is 1. The standard InChI is InChI=1S/C20H21Cl2NO3/c1-26-16-4-2-3-14(11-16)19(17-6-5-15(21)12-18(17)22)23-9-7-13(8-10-23)20(24)25/h2-6,11-13,19H,7-10H2,1H3,(H,24,25). The minimum Gasteiger partial charge on any atom is -0.497 e. The fourth-order valence-corrected chi connectivity index (χ4v) is 4.04. The summed E-state index contributed by atoms with van der Waals surface area (Å²) in [7, 11) is 1.64. The van der Waals surface area contributed by atoms with Crippen LogP contribution in [0.25, 0.3) is 0 Å². The Balaban J connectivity index is 1.98. The molecule has 0 aromatic heterocycles. The van der Waals surface area contributed by atoms with Gasteiger partial charge in [0.1, 0.15) is 5.75 Å². The maximum Gasteiger partial charge on any atom is 0.306 e. The Hall–Kier alpha value is -1.75. The van der Waals surface area contributed by atoms with E-state index in [0.29, 0.717) is 36.0 Å². The fourth-order valence-electron chi connectivity index (χ4n) is 3.53. The topological polar surface area (TPSA) is 49.8 Å². The van der Waals surface area contributed by atoms with E-state index in [2.05, 4.69) is 4.90 Å². The largest absolute Gasteiger partial charge is 0.497 e. The van der Waals surface area contributed by atoms with Gasteiger partial charge in [-0.2, -0.15) is 0 Å². The van der Waals surface area contributed by atoms with Gasteiger partial charge in [-0.15, -0.1) is 0 Å². The SMILES string of the molecule is COc1cccc(C(c2ccc(Cl)cc2Cl)N2CCC(C(=O)O)CC2)c1. The molecule has 1 aliphatic heterocycles. The predicted octanol–water partition coefficient (Wildman–Crippen LogP) is 4.89. The highest BCUT2D eigenvalue weighted by Crippen LogP contribution is 2.37. The van der Waals surface area contributed by atoms with Crippen LogP contribution >= 0.6 is 23.2 Å². The summed E-state index contributed by atoms with van der Waals surface area (Å²) in [6, 6.07) is 13.3. The van der Waals surface area contributed by atoms with Crippen LogP contribution in [0.15, 0.2) is 42.5 Å². The Kier molecular flexibility index (Phi) is 6.07.